The molecule has 0 saturated carbocycles. The summed E-state index contributed by atoms with van der Waals surface area (Å²) in [6.07, 6.45) is 4.53. The molecule has 12 heteroatoms. The zero-order valence-electron chi connectivity index (χ0n) is 19.7. The fourth-order valence-corrected chi connectivity index (χ4v) is 4.56. The summed E-state index contributed by atoms with van der Waals surface area (Å²) in [4.78, 5) is 24.9. The number of nitrogens with one attached hydrogen (secondary N) is 1. The topological polar surface area (TPSA) is 127 Å². The van der Waals surface area contributed by atoms with Crippen LogP contribution in [0.15, 0.2) is 42.9 Å². The number of aromatic nitrogens is 2. The van der Waals surface area contributed by atoms with Gasteiger partial charge in [-0.05, 0) is 24.3 Å². The van der Waals surface area contributed by atoms with Crippen LogP contribution in [0.1, 0.15) is 16.7 Å². The van der Waals surface area contributed by atoms with Gasteiger partial charge >= 0.3 is 6.03 Å². The Balaban J connectivity index is 1.39. The van der Waals surface area contributed by atoms with E-state index in [4.69, 9.17) is 48.6 Å². The maximum Gasteiger partial charge on any atom is 0.324 e. The van der Waals surface area contributed by atoms with Gasteiger partial charge in [0.1, 0.15) is 24.7 Å². The lowest BCUT2D eigenvalue weighted by Gasteiger charge is -2.35. The Morgan fingerprint density at radius 1 is 1.08 bits per heavy atom. The lowest BCUT2D eigenvalue weighted by Crippen LogP contribution is -2.50. The normalized spacial score (nSPS) is 15.1. The molecular weight excluding hydrogens is 519 g/mol. The van der Waals surface area contributed by atoms with Crippen molar-refractivity contribution in [2.24, 2.45) is 0 Å². The average molecular weight is 543 g/mol. The van der Waals surface area contributed by atoms with Crippen LogP contribution in [0.4, 0.5) is 16.2 Å². The van der Waals surface area contributed by atoms with E-state index in [1.54, 1.807) is 34.1 Å². The Bertz CT molecular complexity index is 1330. The summed E-state index contributed by atoms with van der Waals surface area (Å²) in [6, 6.07) is 6.63. The van der Waals surface area contributed by atoms with E-state index in [1.165, 1.54) is 18.6 Å². The highest BCUT2D eigenvalue weighted by Crippen LogP contribution is 2.33. The third kappa shape index (κ3) is 5.27. The number of carbonyl (C=O) groups excluding carboxylic acids is 1. The number of amides is 2. The third-order valence-corrected chi connectivity index (χ3v) is 6.76. The van der Waals surface area contributed by atoms with E-state index in [0.29, 0.717) is 89.2 Å². The number of hydrogen-bond donors (Lipinski definition) is 2. The summed E-state index contributed by atoms with van der Waals surface area (Å²) in [5.41, 5.74) is 8.79. The second kappa shape index (κ2) is 10.8. The number of rotatable bonds is 5. The molecule has 4 heterocycles. The van der Waals surface area contributed by atoms with E-state index in [2.05, 4.69) is 9.97 Å². The molecule has 5 rings (SSSR count). The number of nitrogen functional groups attached to an aromatic ring is 1. The molecule has 0 atom stereocenters. The molecule has 2 aromatic heterocycles. The van der Waals surface area contributed by atoms with Crippen LogP contribution in [-0.2, 0) is 11.3 Å². The monoisotopic (exact) mass is 542 g/mol. The number of anilines is 2. The SMILES string of the molecule is N=C(c1cnc2c(c1)N(C(=O)N1CCOCC1)CCO2)c1cc(OCc2c(Cl)cncc2Cl)ccc1N. The van der Waals surface area contributed by atoms with Gasteiger partial charge in [-0.25, -0.2) is 9.78 Å². The molecule has 2 amide bonds. The van der Waals surface area contributed by atoms with Gasteiger partial charge in [0.2, 0.25) is 5.88 Å². The first-order chi connectivity index (χ1) is 17.9. The Labute approximate surface area is 223 Å². The second-order valence-electron chi connectivity index (χ2n) is 8.42. The van der Waals surface area contributed by atoms with Gasteiger partial charge in [-0.2, -0.15) is 0 Å². The largest absolute Gasteiger partial charge is 0.489 e. The lowest BCUT2D eigenvalue weighted by atomic mass is 10.0. The summed E-state index contributed by atoms with van der Waals surface area (Å²) in [6.45, 7) is 2.89. The summed E-state index contributed by atoms with van der Waals surface area (Å²) in [7, 11) is 0. The second-order valence-corrected chi connectivity index (χ2v) is 9.24. The number of nitrogens with zero attached hydrogens (tertiary/aromatic N) is 4. The number of morpholine rings is 1. The van der Waals surface area contributed by atoms with Crippen LogP contribution >= 0.6 is 23.2 Å². The molecule has 37 heavy (non-hydrogen) atoms. The summed E-state index contributed by atoms with van der Waals surface area (Å²) in [5.74, 6) is 0.830. The molecule has 1 fully saturated rings. The first-order valence-electron chi connectivity index (χ1n) is 11.6. The molecule has 0 radical (unpaired) electrons. The number of pyridine rings is 2. The van der Waals surface area contributed by atoms with Crippen molar-refractivity contribution in [2.45, 2.75) is 6.61 Å². The van der Waals surface area contributed by atoms with Crippen LogP contribution < -0.4 is 20.1 Å². The maximum atomic E-state index is 13.2. The fraction of sp³-hybridized carbons (Fsp3) is 0.280. The molecule has 1 saturated heterocycles. The minimum absolute atomic E-state index is 0.118. The third-order valence-electron chi connectivity index (χ3n) is 6.11. The van der Waals surface area contributed by atoms with Crippen molar-refractivity contribution < 1.29 is 19.0 Å². The number of hydrogen-bond acceptors (Lipinski definition) is 8. The summed E-state index contributed by atoms with van der Waals surface area (Å²) in [5, 5.41) is 9.66. The first-order valence-corrected chi connectivity index (χ1v) is 12.3. The molecule has 3 N–H and O–H groups in total. The summed E-state index contributed by atoms with van der Waals surface area (Å²) < 4.78 is 16.9. The lowest BCUT2D eigenvalue weighted by molar-refractivity contribution is 0.0545. The first kappa shape index (κ1) is 25.1. The van der Waals surface area contributed by atoms with Crippen molar-refractivity contribution in [3.05, 3.63) is 69.6 Å². The quantitative estimate of drug-likeness (QED) is 0.368. The Kier molecular flexibility index (Phi) is 7.31. The number of urea groups is 1. The standard InChI is InChI=1S/C25H24Cl2N6O4/c26-19-12-30-13-20(27)18(19)14-37-16-1-2-21(28)17(10-16)23(29)15-9-22-24(31-11-15)36-8-5-33(22)25(34)32-3-6-35-7-4-32/h1-2,9-13,29H,3-8,14,28H2. The van der Waals surface area contributed by atoms with Crippen molar-refractivity contribution in [3.8, 4) is 11.6 Å². The van der Waals surface area contributed by atoms with Gasteiger partial charge in [0, 0.05) is 54.1 Å². The zero-order chi connectivity index (χ0) is 25.9. The van der Waals surface area contributed by atoms with E-state index in [-0.39, 0.29) is 18.3 Å². The van der Waals surface area contributed by atoms with E-state index in [9.17, 15) is 4.79 Å². The minimum Gasteiger partial charge on any atom is -0.489 e. The van der Waals surface area contributed by atoms with Crippen molar-refractivity contribution in [2.75, 3.05) is 50.1 Å². The highest BCUT2D eigenvalue weighted by Gasteiger charge is 2.30. The number of ether oxygens (including phenoxy) is 3. The van der Waals surface area contributed by atoms with E-state index in [1.807, 2.05) is 0 Å². The minimum atomic E-state index is -0.137. The van der Waals surface area contributed by atoms with Crippen LogP contribution in [0.5, 0.6) is 11.6 Å². The number of carbonyl (C=O) groups is 1. The van der Waals surface area contributed by atoms with Gasteiger partial charge in [-0.1, -0.05) is 23.2 Å². The van der Waals surface area contributed by atoms with Crippen LogP contribution in [-0.4, -0.2) is 66.1 Å². The van der Waals surface area contributed by atoms with Gasteiger partial charge in [-0.15, -0.1) is 0 Å². The molecule has 2 aliphatic heterocycles. The van der Waals surface area contributed by atoms with Crippen LogP contribution in [0.3, 0.4) is 0 Å². The van der Waals surface area contributed by atoms with Gasteiger partial charge in [0.05, 0.1) is 35.5 Å². The highest BCUT2D eigenvalue weighted by atomic mass is 35.5. The maximum absolute atomic E-state index is 13.2. The van der Waals surface area contributed by atoms with Gasteiger partial charge in [0.15, 0.2) is 0 Å². The zero-order valence-corrected chi connectivity index (χ0v) is 21.3. The Morgan fingerprint density at radius 2 is 1.84 bits per heavy atom. The molecule has 1 aromatic carbocycles. The number of nitrogens with two attached hydrogens (primary N) is 1. The van der Waals surface area contributed by atoms with E-state index in [0.717, 1.165) is 0 Å². The molecule has 0 aliphatic carbocycles. The van der Waals surface area contributed by atoms with Crippen molar-refractivity contribution in [1.29, 1.82) is 5.41 Å². The molecule has 0 spiro atoms. The number of fused-ring (bicyclic) bond motifs is 1. The Morgan fingerprint density at radius 3 is 2.59 bits per heavy atom. The molecule has 3 aromatic rings. The average Bonchev–Trinajstić information content (AvgIpc) is 2.92. The van der Waals surface area contributed by atoms with Crippen molar-refractivity contribution in [3.63, 3.8) is 0 Å². The van der Waals surface area contributed by atoms with Crippen LogP contribution in [0.2, 0.25) is 10.0 Å². The molecular formula is C25H24Cl2N6O4. The predicted octanol–water partition coefficient (Wildman–Crippen LogP) is 4.01. The molecule has 10 nitrogen and oxygen atoms in total. The molecule has 0 bridgehead atoms. The summed E-state index contributed by atoms with van der Waals surface area (Å²) >= 11 is 12.4. The number of benzene rings is 1. The molecule has 192 valence electrons. The predicted molar refractivity (Wildman–Crippen MR) is 140 cm³/mol. The van der Waals surface area contributed by atoms with Crippen LogP contribution in [0.25, 0.3) is 0 Å². The van der Waals surface area contributed by atoms with Crippen LogP contribution in [0, 0.1) is 5.41 Å². The highest BCUT2D eigenvalue weighted by molar-refractivity contribution is 6.35. The van der Waals surface area contributed by atoms with Gasteiger partial charge in [-0.3, -0.25) is 15.3 Å². The van der Waals surface area contributed by atoms with Crippen molar-refractivity contribution in [1.82, 2.24) is 14.9 Å². The van der Waals surface area contributed by atoms with Gasteiger partial charge < -0.3 is 24.8 Å². The molecule has 2 aliphatic rings. The van der Waals surface area contributed by atoms with E-state index >= 15 is 0 Å². The van der Waals surface area contributed by atoms with E-state index < -0.39 is 0 Å². The van der Waals surface area contributed by atoms with Crippen molar-refractivity contribution >= 4 is 46.3 Å². The molecule has 0 unspecified atom stereocenters. The van der Waals surface area contributed by atoms with Gasteiger partial charge in [0.25, 0.3) is 0 Å². The fourth-order valence-electron chi connectivity index (χ4n) is 4.09. The smallest absolute Gasteiger partial charge is 0.324 e. The number of halogens is 2. The Hall–Kier alpha value is -3.60.